The molecule has 82 valence electrons. The molecular formula is C11H18N4. The second kappa shape index (κ2) is 4.14. The fourth-order valence-corrected chi connectivity index (χ4v) is 1.86. The Morgan fingerprint density at radius 1 is 1.47 bits per heavy atom. The molecule has 2 rings (SSSR count). The maximum absolute atomic E-state index is 5.60. The smallest absolute Gasteiger partial charge is 0.132 e. The van der Waals surface area contributed by atoms with E-state index in [9.17, 15) is 0 Å². The van der Waals surface area contributed by atoms with E-state index in [2.05, 4.69) is 27.9 Å². The van der Waals surface area contributed by atoms with Crippen molar-refractivity contribution in [3.05, 3.63) is 17.6 Å². The highest BCUT2D eigenvalue weighted by atomic mass is 15.2. The molecule has 0 spiro atoms. The van der Waals surface area contributed by atoms with Crippen LogP contribution >= 0.6 is 0 Å². The lowest BCUT2D eigenvalue weighted by Gasteiger charge is -2.39. The van der Waals surface area contributed by atoms with Gasteiger partial charge in [0.05, 0.1) is 0 Å². The van der Waals surface area contributed by atoms with Gasteiger partial charge in [0, 0.05) is 30.8 Å². The zero-order valence-corrected chi connectivity index (χ0v) is 9.40. The van der Waals surface area contributed by atoms with Crippen molar-refractivity contribution < 1.29 is 0 Å². The van der Waals surface area contributed by atoms with Gasteiger partial charge in [0.2, 0.25) is 0 Å². The molecule has 1 aliphatic heterocycles. The summed E-state index contributed by atoms with van der Waals surface area (Å²) in [6.07, 6.45) is 0.963. The van der Waals surface area contributed by atoms with Crippen LogP contribution in [0.4, 0.5) is 5.82 Å². The highest BCUT2D eigenvalue weighted by molar-refractivity contribution is 5.42. The highest BCUT2D eigenvalue weighted by Gasteiger charge is 2.26. The molecule has 2 N–H and O–H groups in total. The molecule has 0 bridgehead atoms. The van der Waals surface area contributed by atoms with Gasteiger partial charge in [-0.25, -0.2) is 9.97 Å². The highest BCUT2D eigenvalue weighted by Crippen LogP contribution is 2.22. The van der Waals surface area contributed by atoms with E-state index in [0.29, 0.717) is 5.92 Å². The van der Waals surface area contributed by atoms with E-state index >= 15 is 0 Å². The lowest BCUT2D eigenvalue weighted by Crippen LogP contribution is -2.50. The molecule has 4 heteroatoms. The first-order chi connectivity index (χ1) is 7.22. The molecule has 4 nitrogen and oxygen atoms in total. The number of nitrogens with zero attached hydrogens (tertiary/aromatic N) is 3. The molecule has 15 heavy (non-hydrogen) atoms. The molecule has 2 heterocycles. The van der Waals surface area contributed by atoms with Crippen LogP contribution in [0.25, 0.3) is 0 Å². The number of hydrogen-bond acceptors (Lipinski definition) is 4. The van der Waals surface area contributed by atoms with Crippen LogP contribution in [0, 0.1) is 12.8 Å². The first-order valence-corrected chi connectivity index (χ1v) is 5.52. The van der Waals surface area contributed by atoms with Gasteiger partial charge in [0.15, 0.2) is 0 Å². The predicted molar refractivity (Wildman–Crippen MR) is 60.9 cm³/mol. The van der Waals surface area contributed by atoms with Crippen LogP contribution in [0.1, 0.15) is 18.4 Å². The van der Waals surface area contributed by atoms with Gasteiger partial charge in [-0.3, -0.25) is 0 Å². The van der Waals surface area contributed by atoms with E-state index in [4.69, 9.17) is 5.73 Å². The fraction of sp³-hybridized carbons (Fsp3) is 0.636. The SMILES string of the molecule is CCc1cc(N2CC(CN)C2)nc(C)n1. The quantitative estimate of drug-likeness (QED) is 0.792. The number of nitrogens with two attached hydrogens (primary N) is 1. The maximum Gasteiger partial charge on any atom is 0.132 e. The lowest BCUT2D eigenvalue weighted by molar-refractivity contribution is 0.416. The standard InChI is InChI=1S/C11H18N4/c1-3-10-4-11(14-8(2)13-10)15-6-9(5-12)7-15/h4,9H,3,5-7,12H2,1-2H3. The lowest BCUT2D eigenvalue weighted by atomic mass is 10.0. The summed E-state index contributed by atoms with van der Waals surface area (Å²) >= 11 is 0. The second-order valence-electron chi connectivity index (χ2n) is 4.12. The number of hydrogen-bond donors (Lipinski definition) is 1. The zero-order chi connectivity index (χ0) is 10.8. The van der Waals surface area contributed by atoms with E-state index < -0.39 is 0 Å². The van der Waals surface area contributed by atoms with Crippen LogP contribution in [0.15, 0.2) is 6.07 Å². The number of anilines is 1. The Kier molecular flexibility index (Phi) is 2.86. The molecule has 1 aromatic heterocycles. The van der Waals surface area contributed by atoms with Crippen molar-refractivity contribution in [3.8, 4) is 0 Å². The molecule has 0 radical (unpaired) electrons. The molecule has 0 amide bonds. The largest absolute Gasteiger partial charge is 0.356 e. The number of aryl methyl sites for hydroxylation is 2. The molecule has 0 aromatic carbocycles. The Balaban J connectivity index is 2.12. The van der Waals surface area contributed by atoms with Crippen LogP contribution in [0.5, 0.6) is 0 Å². The van der Waals surface area contributed by atoms with E-state index in [-0.39, 0.29) is 0 Å². The first-order valence-electron chi connectivity index (χ1n) is 5.52. The van der Waals surface area contributed by atoms with Crippen LogP contribution in [0.3, 0.4) is 0 Å². The molecule has 0 saturated carbocycles. The van der Waals surface area contributed by atoms with Crippen molar-refractivity contribution in [2.45, 2.75) is 20.3 Å². The molecule has 1 aliphatic rings. The second-order valence-corrected chi connectivity index (χ2v) is 4.12. The summed E-state index contributed by atoms with van der Waals surface area (Å²) in [5.41, 5.74) is 6.72. The number of aromatic nitrogens is 2. The number of rotatable bonds is 3. The summed E-state index contributed by atoms with van der Waals surface area (Å²) in [6.45, 7) is 6.92. The van der Waals surface area contributed by atoms with Gasteiger partial charge in [-0.2, -0.15) is 0 Å². The van der Waals surface area contributed by atoms with Crippen molar-refractivity contribution in [2.75, 3.05) is 24.5 Å². The van der Waals surface area contributed by atoms with Gasteiger partial charge in [0.25, 0.3) is 0 Å². The molecule has 0 atom stereocenters. The minimum absolute atomic E-state index is 0.644. The van der Waals surface area contributed by atoms with Gasteiger partial charge in [-0.1, -0.05) is 6.92 Å². The molecule has 1 saturated heterocycles. The minimum atomic E-state index is 0.644. The monoisotopic (exact) mass is 206 g/mol. The van der Waals surface area contributed by atoms with Crippen LogP contribution < -0.4 is 10.6 Å². The average Bonchev–Trinajstić information content (AvgIpc) is 2.15. The van der Waals surface area contributed by atoms with Crippen molar-refractivity contribution in [2.24, 2.45) is 11.7 Å². The van der Waals surface area contributed by atoms with Crippen molar-refractivity contribution >= 4 is 5.82 Å². The van der Waals surface area contributed by atoms with Gasteiger partial charge in [-0.15, -0.1) is 0 Å². The zero-order valence-electron chi connectivity index (χ0n) is 9.40. The Hall–Kier alpha value is -1.16. The molecule has 0 aliphatic carbocycles. The van der Waals surface area contributed by atoms with E-state index in [1.165, 1.54) is 0 Å². The van der Waals surface area contributed by atoms with Gasteiger partial charge in [-0.05, 0) is 19.9 Å². The summed E-state index contributed by atoms with van der Waals surface area (Å²) in [5, 5.41) is 0. The summed E-state index contributed by atoms with van der Waals surface area (Å²) in [5.74, 6) is 2.56. The van der Waals surface area contributed by atoms with Crippen molar-refractivity contribution in [1.82, 2.24) is 9.97 Å². The van der Waals surface area contributed by atoms with E-state index in [0.717, 1.165) is 43.4 Å². The Bertz CT molecular complexity index is 344. The van der Waals surface area contributed by atoms with E-state index in [1.807, 2.05) is 6.92 Å². The summed E-state index contributed by atoms with van der Waals surface area (Å²) in [4.78, 5) is 11.1. The maximum atomic E-state index is 5.60. The van der Waals surface area contributed by atoms with Gasteiger partial charge >= 0.3 is 0 Å². The third kappa shape index (κ3) is 2.09. The fourth-order valence-electron chi connectivity index (χ4n) is 1.86. The van der Waals surface area contributed by atoms with Gasteiger partial charge < -0.3 is 10.6 Å². The van der Waals surface area contributed by atoms with Crippen LogP contribution in [-0.4, -0.2) is 29.6 Å². The summed E-state index contributed by atoms with van der Waals surface area (Å²) in [7, 11) is 0. The first kappa shape index (κ1) is 10.4. The minimum Gasteiger partial charge on any atom is -0.356 e. The van der Waals surface area contributed by atoms with Crippen molar-refractivity contribution in [1.29, 1.82) is 0 Å². The summed E-state index contributed by atoms with van der Waals surface area (Å²) in [6, 6.07) is 2.08. The Morgan fingerprint density at radius 3 is 2.80 bits per heavy atom. The molecule has 1 fully saturated rings. The van der Waals surface area contributed by atoms with Gasteiger partial charge in [0.1, 0.15) is 11.6 Å². The summed E-state index contributed by atoms with van der Waals surface area (Å²) < 4.78 is 0. The average molecular weight is 206 g/mol. The van der Waals surface area contributed by atoms with E-state index in [1.54, 1.807) is 0 Å². The topological polar surface area (TPSA) is 55.0 Å². The third-order valence-corrected chi connectivity index (χ3v) is 2.85. The Morgan fingerprint density at radius 2 is 2.20 bits per heavy atom. The molecule has 1 aromatic rings. The normalized spacial score (nSPS) is 16.6. The van der Waals surface area contributed by atoms with Crippen LogP contribution in [0.2, 0.25) is 0 Å². The molecular weight excluding hydrogens is 188 g/mol. The predicted octanol–water partition coefficient (Wildman–Crippen LogP) is 0.742. The van der Waals surface area contributed by atoms with Crippen LogP contribution in [-0.2, 0) is 6.42 Å². The van der Waals surface area contributed by atoms with Crippen molar-refractivity contribution in [3.63, 3.8) is 0 Å². The Labute approximate surface area is 90.5 Å². The molecule has 0 unspecified atom stereocenters. The third-order valence-electron chi connectivity index (χ3n) is 2.85.